The van der Waals surface area contributed by atoms with Crippen LogP contribution in [0, 0.1) is 0 Å². The Kier molecular flexibility index (Phi) is 7.23. The maximum atomic E-state index is 6.21. The third-order valence-electron chi connectivity index (χ3n) is 4.86. The second kappa shape index (κ2) is 9.63. The second-order valence-electron chi connectivity index (χ2n) is 6.69. The highest BCUT2D eigenvalue weighted by molar-refractivity contribution is 9.10. The van der Waals surface area contributed by atoms with Crippen molar-refractivity contribution in [3.8, 4) is 11.5 Å². The van der Waals surface area contributed by atoms with E-state index in [4.69, 9.17) is 21.1 Å². The molecule has 5 heteroatoms. The predicted molar refractivity (Wildman–Crippen MR) is 110 cm³/mol. The third-order valence-corrected chi connectivity index (χ3v) is 5.97. The molecule has 0 amide bonds. The molecule has 0 unspecified atom stereocenters. The highest BCUT2D eigenvalue weighted by Crippen LogP contribution is 2.34. The largest absolute Gasteiger partial charge is 0.493 e. The Morgan fingerprint density at radius 3 is 2.58 bits per heavy atom. The minimum Gasteiger partial charge on any atom is -0.493 e. The number of halogens is 2. The van der Waals surface area contributed by atoms with E-state index in [-0.39, 0.29) is 0 Å². The van der Waals surface area contributed by atoms with Gasteiger partial charge in [-0.2, -0.15) is 0 Å². The topological polar surface area (TPSA) is 30.5 Å². The molecule has 1 aliphatic rings. The highest BCUT2D eigenvalue weighted by Gasteiger charge is 2.15. The lowest BCUT2D eigenvalue weighted by molar-refractivity contribution is 0.284. The first-order valence-electron chi connectivity index (χ1n) is 9.13. The van der Waals surface area contributed by atoms with Crippen LogP contribution in [0.1, 0.15) is 43.2 Å². The van der Waals surface area contributed by atoms with Gasteiger partial charge in [-0.15, -0.1) is 0 Å². The van der Waals surface area contributed by atoms with Crippen molar-refractivity contribution in [1.82, 2.24) is 5.32 Å². The molecule has 3 rings (SSSR count). The molecule has 2 aromatic rings. The standard InChI is InChI=1S/C21H25BrClNO2/c1-25-20-11-16(13-24-17-8-3-2-4-9-17)18(22)12-21(20)26-14-15-7-5-6-10-19(15)23/h5-7,10-12,17,24H,2-4,8-9,13-14H2,1H3. The van der Waals surface area contributed by atoms with Crippen LogP contribution in [0.25, 0.3) is 0 Å². The van der Waals surface area contributed by atoms with Crippen LogP contribution in [0.3, 0.4) is 0 Å². The molecule has 0 aliphatic heterocycles. The predicted octanol–water partition coefficient (Wildman–Crippen LogP) is 6.11. The SMILES string of the molecule is COc1cc(CNC2CCCCC2)c(Br)cc1OCc1ccccc1Cl. The van der Waals surface area contributed by atoms with E-state index in [1.54, 1.807) is 7.11 Å². The molecule has 1 N–H and O–H groups in total. The number of benzene rings is 2. The highest BCUT2D eigenvalue weighted by atomic mass is 79.9. The van der Waals surface area contributed by atoms with Crippen molar-refractivity contribution in [2.75, 3.05) is 7.11 Å². The van der Waals surface area contributed by atoms with Crippen molar-refractivity contribution in [1.29, 1.82) is 0 Å². The summed E-state index contributed by atoms with van der Waals surface area (Å²) in [6, 6.07) is 12.3. The summed E-state index contributed by atoms with van der Waals surface area (Å²) in [5.74, 6) is 1.45. The Balaban J connectivity index is 1.67. The third kappa shape index (κ3) is 5.15. The van der Waals surface area contributed by atoms with Crippen LogP contribution in [0.5, 0.6) is 11.5 Å². The number of ether oxygens (including phenoxy) is 2. The first kappa shape index (κ1) is 19.5. The van der Waals surface area contributed by atoms with Crippen LogP contribution in [-0.4, -0.2) is 13.2 Å². The van der Waals surface area contributed by atoms with Gasteiger partial charge in [0.15, 0.2) is 11.5 Å². The molecule has 0 radical (unpaired) electrons. The molecule has 2 aromatic carbocycles. The Bertz CT molecular complexity index is 732. The molecule has 0 spiro atoms. The van der Waals surface area contributed by atoms with Gasteiger partial charge in [0, 0.05) is 27.6 Å². The molecule has 0 heterocycles. The van der Waals surface area contributed by atoms with Crippen LogP contribution >= 0.6 is 27.5 Å². The number of nitrogens with one attached hydrogen (secondary N) is 1. The van der Waals surface area contributed by atoms with Gasteiger partial charge in [-0.05, 0) is 36.6 Å². The molecule has 1 saturated carbocycles. The van der Waals surface area contributed by atoms with Crippen LogP contribution in [0.4, 0.5) is 0 Å². The van der Waals surface area contributed by atoms with E-state index in [2.05, 4.69) is 21.2 Å². The average molecular weight is 439 g/mol. The van der Waals surface area contributed by atoms with Gasteiger partial charge in [0.2, 0.25) is 0 Å². The molecule has 0 saturated heterocycles. The fourth-order valence-electron chi connectivity index (χ4n) is 3.32. The minimum atomic E-state index is 0.405. The number of methoxy groups -OCH3 is 1. The van der Waals surface area contributed by atoms with Crippen molar-refractivity contribution in [3.05, 3.63) is 57.0 Å². The van der Waals surface area contributed by atoms with E-state index in [0.29, 0.717) is 23.4 Å². The van der Waals surface area contributed by atoms with E-state index in [9.17, 15) is 0 Å². The van der Waals surface area contributed by atoms with Crippen molar-refractivity contribution in [2.45, 2.75) is 51.3 Å². The average Bonchev–Trinajstić information content (AvgIpc) is 2.67. The zero-order valence-electron chi connectivity index (χ0n) is 15.1. The van der Waals surface area contributed by atoms with Gasteiger partial charge in [-0.1, -0.05) is 65.0 Å². The summed E-state index contributed by atoms with van der Waals surface area (Å²) >= 11 is 9.88. The van der Waals surface area contributed by atoms with E-state index in [0.717, 1.165) is 22.3 Å². The van der Waals surface area contributed by atoms with E-state index in [1.165, 1.54) is 37.7 Å². The van der Waals surface area contributed by atoms with Crippen LogP contribution < -0.4 is 14.8 Å². The van der Waals surface area contributed by atoms with Crippen molar-refractivity contribution in [2.24, 2.45) is 0 Å². The van der Waals surface area contributed by atoms with Crippen LogP contribution in [-0.2, 0) is 13.2 Å². The lowest BCUT2D eigenvalue weighted by atomic mass is 9.95. The summed E-state index contributed by atoms with van der Waals surface area (Å²) in [6.45, 7) is 1.23. The molecular weight excluding hydrogens is 414 g/mol. The number of hydrogen-bond donors (Lipinski definition) is 1. The quantitative estimate of drug-likeness (QED) is 0.565. The van der Waals surface area contributed by atoms with Crippen molar-refractivity contribution < 1.29 is 9.47 Å². The number of rotatable bonds is 7. The van der Waals surface area contributed by atoms with Crippen molar-refractivity contribution in [3.63, 3.8) is 0 Å². The molecular formula is C21H25BrClNO2. The van der Waals surface area contributed by atoms with Gasteiger partial charge >= 0.3 is 0 Å². The van der Waals surface area contributed by atoms with Crippen LogP contribution in [0.15, 0.2) is 40.9 Å². The monoisotopic (exact) mass is 437 g/mol. The van der Waals surface area contributed by atoms with Gasteiger partial charge in [0.1, 0.15) is 6.61 Å². The van der Waals surface area contributed by atoms with Gasteiger partial charge in [-0.25, -0.2) is 0 Å². The lowest BCUT2D eigenvalue weighted by Gasteiger charge is -2.23. The summed E-state index contributed by atoms with van der Waals surface area (Å²) in [5, 5.41) is 4.38. The second-order valence-corrected chi connectivity index (χ2v) is 7.95. The molecule has 0 bridgehead atoms. The van der Waals surface area contributed by atoms with Gasteiger partial charge in [-0.3, -0.25) is 0 Å². The Morgan fingerprint density at radius 1 is 1.08 bits per heavy atom. The summed E-state index contributed by atoms with van der Waals surface area (Å²) in [7, 11) is 1.67. The molecule has 140 valence electrons. The lowest BCUT2D eigenvalue weighted by Crippen LogP contribution is -2.30. The van der Waals surface area contributed by atoms with Gasteiger partial charge < -0.3 is 14.8 Å². The zero-order valence-corrected chi connectivity index (χ0v) is 17.4. The summed E-state index contributed by atoms with van der Waals surface area (Å²) in [6.07, 6.45) is 6.57. The van der Waals surface area contributed by atoms with E-state index in [1.807, 2.05) is 36.4 Å². The molecule has 26 heavy (non-hydrogen) atoms. The Hall–Kier alpha value is -1.23. The normalized spacial score (nSPS) is 15.0. The van der Waals surface area contributed by atoms with E-state index < -0.39 is 0 Å². The molecule has 0 atom stereocenters. The molecule has 0 aromatic heterocycles. The summed E-state index contributed by atoms with van der Waals surface area (Å²) < 4.78 is 12.5. The Labute approximate surface area is 169 Å². The maximum absolute atomic E-state index is 6.21. The summed E-state index contributed by atoms with van der Waals surface area (Å²) in [5.41, 5.74) is 2.13. The smallest absolute Gasteiger partial charge is 0.162 e. The fraction of sp³-hybridized carbons (Fsp3) is 0.429. The zero-order chi connectivity index (χ0) is 18.4. The number of hydrogen-bond acceptors (Lipinski definition) is 3. The molecule has 1 fully saturated rings. The van der Waals surface area contributed by atoms with E-state index >= 15 is 0 Å². The minimum absolute atomic E-state index is 0.405. The fourth-order valence-corrected chi connectivity index (χ4v) is 3.97. The molecule has 1 aliphatic carbocycles. The van der Waals surface area contributed by atoms with Crippen molar-refractivity contribution >= 4 is 27.5 Å². The Morgan fingerprint density at radius 2 is 1.85 bits per heavy atom. The van der Waals surface area contributed by atoms with Crippen LogP contribution in [0.2, 0.25) is 5.02 Å². The van der Waals surface area contributed by atoms with Gasteiger partial charge in [0.25, 0.3) is 0 Å². The first-order valence-corrected chi connectivity index (χ1v) is 10.3. The maximum Gasteiger partial charge on any atom is 0.162 e. The van der Waals surface area contributed by atoms with Gasteiger partial charge in [0.05, 0.1) is 7.11 Å². The summed E-state index contributed by atoms with van der Waals surface area (Å²) in [4.78, 5) is 0. The first-order chi connectivity index (χ1) is 12.7. The molecule has 3 nitrogen and oxygen atoms in total.